The molecule has 0 aromatic heterocycles. The molecule has 0 unspecified atom stereocenters. The Kier molecular flexibility index (Phi) is 2.75. The lowest BCUT2D eigenvalue weighted by molar-refractivity contribution is -0.0670. The summed E-state index contributed by atoms with van der Waals surface area (Å²) in [5.74, 6) is 3.15. The van der Waals surface area contributed by atoms with Crippen molar-refractivity contribution < 1.29 is 5.11 Å². The number of likely N-dealkylation sites (N-methyl/N-ethyl adjacent to an activating group) is 1. The lowest BCUT2D eigenvalue weighted by Gasteiger charge is -2.57. The molecule has 4 fully saturated rings. The zero-order valence-electron chi connectivity index (χ0n) is 10.5. The third-order valence-corrected chi connectivity index (χ3v) is 5.25. The van der Waals surface area contributed by atoms with Gasteiger partial charge in [0.15, 0.2) is 0 Å². The Balaban J connectivity index is 1.68. The van der Waals surface area contributed by atoms with Crippen LogP contribution in [0.15, 0.2) is 0 Å². The topological polar surface area (TPSA) is 23.5 Å². The Morgan fingerprint density at radius 1 is 1.06 bits per heavy atom. The minimum absolute atomic E-state index is 0.308. The van der Waals surface area contributed by atoms with E-state index in [1.165, 1.54) is 45.1 Å². The summed E-state index contributed by atoms with van der Waals surface area (Å²) in [6, 6.07) is 0. The van der Waals surface area contributed by atoms with Gasteiger partial charge in [-0.05, 0) is 68.7 Å². The first kappa shape index (κ1) is 11.0. The van der Waals surface area contributed by atoms with E-state index in [-0.39, 0.29) is 0 Å². The third-order valence-electron chi connectivity index (χ3n) is 5.25. The van der Waals surface area contributed by atoms with Gasteiger partial charge in [0.25, 0.3) is 0 Å². The van der Waals surface area contributed by atoms with Gasteiger partial charge >= 0.3 is 0 Å². The molecule has 2 nitrogen and oxygen atoms in total. The van der Waals surface area contributed by atoms with Gasteiger partial charge in [0.05, 0.1) is 6.61 Å². The van der Waals surface area contributed by atoms with Crippen LogP contribution in [0, 0.1) is 23.2 Å². The van der Waals surface area contributed by atoms with E-state index in [0.717, 1.165) is 24.3 Å². The van der Waals surface area contributed by atoms with Crippen molar-refractivity contribution in [2.75, 3.05) is 26.7 Å². The number of hydrogen-bond donors (Lipinski definition) is 1. The standard InChI is InChI=1S/C14H25NO/c1-15(2-3-16)10-14-7-11-4-12(8-14)6-13(5-11)9-14/h11-13,16H,2-10H2,1H3. The highest BCUT2D eigenvalue weighted by atomic mass is 16.3. The number of hydrogen-bond acceptors (Lipinski definition) is 2. The molecule has 4 saturated carbocycles. The number of aliphatic hydroxyl groups excluding tert-OH is 1. The van der Waals surface area contributed by atoms with Gasteiger partial charge in [-0.25, -0.2) is 0 Å². The second-order valence-corrected chi connectivity index (χ2v) is 6.88. The van der Waals surface area contributed by atoms with E-state index in [1.807, 2.05) is 0 Å². The van der Waals surface area contributed by atoms with Crippen LogP contribution in [0.1, 0.15) is 38.5 Å². The Morgan fingerprint density at radius 2 is 1.56 bits per heavy atom. The van der Waals surface area contributed by atoms with Crippen molar-refractivity contribution >= 4 is 0 Å². The molecular weight excluding hydrogens is 198 g/mol. The normalized spacial score (nSPS) is 45.6. The Bertz CT molecular complexity index is 228. The molecule has 0 heterocycles. The molecule has 0 aliphatic heterocycles. The number of nitrogens with zero attached hydrogens (tertiary/aromatic N) is 1. The molecule has 0 amide bonds. The van der Waals surface area contributed by atoms with Crippen molar-refractivity contribution in [1.29, 1.82) is 0 Å². The van der Waals surface area contributed by atoms with Crippen molar-refractivity contribution in [3.63, 3.8) is 0 Å². The molecule has 16 heavy (non-hydrogen) atoms. The zero-order valence-corrected chi connectivity index (χ0v) is 10.5. The van der Waals surface area contributed by atoms with Gasteiger partial charge in [0.2, 0.25) is 0 Å². The van der Waals surface area contributed by atoms with E-state index in [4.69, 9.17) is 5.11 Å². The first-order valence-electron chi connectivity index (χ1n) is 6.98. The molecule has 0 radical (unpaired) electrons. The summed E-state index contributed by atoms with van der Waals surface area (Å²) in [5.41, 5.74) is 0.638. The molecule has 0 aromatic carbocycles. The van der Waals surface area contributed by atoms with Crippen molar-refractivity contribution in [2.45, 2.75) is 38.5 Å². The minimum atomic E-state index is 0.308. The van der Waals surface area contributed by atoms with Crippen molar-refractivity contribution in [3.05, 3.63) is 0 Å². The van der Waals surface area contributed by atoms with E-state index >= 15 is 0 Å². The van der Waals surface area contributed by atoms with Gasteiger partial charge in [0, 0.05) is 13.1 Å². The second-order valence-electron chi connectivity index (χ2n) is 6.88. The summed E-state index contributed by atoms with van der Waals surface area (Å²) >= 11 is 0. The molecule has 92 valence electrons. The first-order chi connectivity index (χ1) is 7.69. The number of aliphatic hydroxyl groups is 1. The predicted molar refractivity (Wildman–Crippen MR) is 65.2 cm³/mol. The first-order valence-corrected chi connectivity index (χ1v) is 6.98. The average molecular weight is 223 g/mol. The van der Waals surface area contributed by atoms with E-state index in [0.29, 0.717) is 12.0 Å². The summed E-state index contributed by atoms with van der Waals surface area (Å²) in [7, 11) is 2.18. The highest BCUT2D eigenvalue weighted by Gasteiger charge is 2.50. The zero-order chi connectivity index (χ0) is 11.2. The van der Waals surface area contributed by atoms with Crippen LogP contribution in [0.4, 0.5) is 0 Å². The number of rotatable bonds is 4. The van der Waals surface area contributed by atoms with E-state index in [2.05, 4.69) is 11.9 Å². The van der Waals surface area contributed by atoms with Gasteiger partial charge in [-0.3, -0.25) is 0 Å². The third kappa shape index (κ3) is 1.91. The summed E-state index contributed by atoms with van der Waals surface area (Å²) in [6.07, 6.45) is 9.03. The second kappa shape index (κ2) is 3.99. The van der Waals surface area contributed by atoms with Crippen molar-refractivity contribution in [1.82, 2.24) is 4.90 Å². The lowest BCUT2D eigenvalue weighted by atomic mass is 9.49. The summed E-state index contributed by atoms with van der Waals surface area (Å²) in [6.45, 7) is 2.39. The van der Waals surface area contributed by atoms with Crippen LogP contribution in [0.5, 0.6) is 0 Å². The lowest BCUT2D eigenvalue weighted by Crippen LogP contribution is -2.50. The van der Waals surface area contributed by atoms with Crippen LogP contribution < -0.4 is 0 Å². The Labute approximate surface area is 99.0 Å². The average Bonchev–Trinajstić information content (AvgIpc) is 2.13. The van der Waals surface area contributed by atoms with Crippen molar-refractivity contribution in [2.24, 2.45) is 23.2 Å². The SMILES string of the molecule is CN(CCO)CC12CC3CC(CC(C3)C1)C2. The Hall–Kier alpha value is -0.0800. The molecule has 0 aromatic rings. The predicted octanol–water partition coefficient (Wildman–Crippen LogP) is 2.13. The van der Waals surface area contributed by atoms with E-state index in [1.54, 1.807) is 0 Å². The minimum Gasteiger partial charge on any atom is -0.395 e. The summed E-state index contributed by atoms with van der Waals surface area (Å²) in [4.78, 5) is 2.35. The molecule has 0 spiro atoms. The van der Waals surface area contributed by atoms with Crippen LogP contribution in [-0.2, 0) is 0 Å². The maximum Gasteiger partial charge on any atom is 0.0558 e. The van der Waals surface area contributed by atoms with Crippen LogP contribution in [-0.4, -0.2) is 36.8 Å². The van der Waals surface area contributed by atoms with E-state index in [9.17, 15) is 0 Å². The molecule has 2 heteroatoms. The quantitative estimate of drug-likeness (QED) is 0.789. The van der Waals surface area contributed by atoms with Crippen molar-refractivity contribution in [3.8, 4) is 0 Å². The van der Waals surface area contributed by atoms with Gasteiger partial charge in [-0.15, -0.1) is 0 Å². The maximum absolute atomic E-state index is 9.01. The van der Waals surface area contributed by atoms with Crippen LogP contribution in [0.2, 0.25) is 0 Å². The largest absolute Gasteiger partial charge is 0.395 e. The fourth-order valence-electron chi connectivity index (χ4n) is 5.31. The smallest absolute Gasteiger partial charge is 0.0558 e. The fourth-order valence-corrected chi connectivity index (χ4v) is 5.31. The van der Waals surface area contributed by atoms with Crippen LogP contribution >= 0.6 is 0 Å². The molecule has 0 atom stereocenters. The highest BCUT2D eigenvalue weighted by Crippen LogP contribution is 2.60. The fraction of sp³-hybridized carbons (Fsp3) is 1.00. The van der Waals surface area contributed by atoms with Crippen LogP contribution in [0.3, 0.4) is 0 Å². The Morgan fingerprint density at radius 3 is 2.00 bits per heavy atom. The van der Waals surface area contributed by atoms with Crippen LogP contribution in [0.25, 0.3) is 0 Å². The maximum atomic E-state index is 9.01. The highest BCUT2D eigenvalue weighted by molar-refractivity contribution is 5.02. The van der Waals surface area contributed by atoms with Gasteiger partial charge in [-0.2, -0.15) is 0 Å². The summed E-state index contributed by atoms with van der Waals surface area (Å²) < 4.78 is 0. The summed E-state index contributed by atoms with van der Waals surface area (Å²) in [5, 5.41) is 9.01. The monoisotopic (exact) mass is 223 g/mol. The molecule has 4 aliphatic carbocycles. The van der Waals surface area contributed by atoms with E-state index < -0.39 is 0 Å². The van der Waals surface area contributed by atoms with Gasteiger partial charge < -0.3 is 10.0 Å². The molecular formula is C14H25NO. The molecule has 4 bridgehead atoms. The van der Waals surface area contributed by atoms with Gasteiger partial charge in [0.1, 0.15) is 0 Å². The molecule has 4 aliphatic rings. The molecule has 0 saturated heterocycles. The molecule has 1 N–H and O–H groups in total. The molecule has 4 rings (SSSR count). The van der Waals surface area contributed by atoms with Gasteiger partial charge in [-0.1, -0.05) is 0 Å².